The zero-order chi connectivity index (χ0) is 7.40. The number of nitrogens with two attached hydrogens (primary N) is 1. The number of piperidine rings is 1. The average molecular weight is 144 g/mol. The van der Waals surface area contributed by atoms with Crippen molar-refractivity contribution in [2.75, 3.05) is 19.7 Å². The van der Waals surface area contributed by atoms with Crippen LogP contribution in [-0.4, -0.2) is 29.8 Å². The molecule has 1 saturated heterocycles. The van der Waals surface area contributed by atoms with E-state index in [-0.39, 0.29) is 0 Å². The third-order valence-corrected chi connectivity index (χ3v) is 2.09. The second kappa shape index (κ2) is 3.91. The van der Waals surface area contributed by atoms with Crippen molar-refractivity contribution >= 4 is 0 Å². The van der Waals surface area contributed by atoms with Gasteiger partial charge >= 0.3 is 0 Å². The van der Waals surface area contributed by atoms with Crippen LogP contribution in [0.15, 0.2) is 0 Å². The van der Waals surface area contributed by atoms with Gasteiger partial charge < -0.3 is 5.11 Å². The lowest BCUT2D eigenvalue weighted by atomic mass is 9.96. The first-order valence-electron chi connectivity index (χ1n) is 3.93. The molecular weight excluding hydrogens is 128 g/mol. The Balaban J connectivity index is 2.18. The van der Waals surface area contributed by atoms with Crippen LogP contribution in [0.3, 0.4) is 0 Å². The molecule has 1 heterocycles. The van der Waals surface area contributed by atoms with Gasteiger partial charge in [-0.3, -0.25) is 5.84 Å². The molecule has 3 nitrogen and oxygen atoms in total. The van der Waals surface area contributed by atoms with Crippen LogP contribution in [0.2, 0.25) is 0 Å². The van der Waals surface area contributed by atoms with Gasteiger partial charge in [0.2, 0.25) is 0 Å². The minimum absolute atomic E-state index is 0.304. The van der Waals surface area contributed by atoms with Crippen molar-refractivity contribution < 1.29 is 5.11 Å². The molecule has 0 aromatic rings. The fourth-order valence-electron chi connectivity index (χ4n) is 1.52. The van der Waals surface area contributed by atoms with Crippen molar-refractivity contribution in [3.63, 3.8) is 0 Å². The van der Waals surface area contributed by atoms with E-state index in [1.807, 2.05) is 5.01 Å². The molecule has 1 fully saturated rings. The Morgan fingerprint density at radius 3 is 3.00 bits per heavy atom. The Bertz CT molecular complexity index is 95.6. The van der Waals surface area contributed by atoms with Gasteiger partial charge in [-0.15, -0.1) is 0 Å². The number of hydrogen-bond donors (Lipinski definition) is 2. The normalized spacial score (nSPS) is 28.8. The van der Waals surface area contributed by atoms with Gasteiger partial charge in [0.05, 0.1) is 0 Å². The molecule has 0 aromatic heterocycles. The molecule has 3 heteroatoms. The quantitative estimate of drug-likeness (QED) is 0.534. The molecule has 1 unspecified atom stereocenters. The molecule has 0 amide bonds. The number of nitrogens with zero attached hydrogens (tertiary/aromatic N) is 1. The summed E-state index contributed by atoms with van der Waals surface area (Å²) in [6.45, 7) is 2.28. The number of rotatable bonds is 2. The molecular formula is C7H16N2O. The van der Waals surface area contributed by atoms with Crippen LogP contribution < -0.4 is 5.84 Å². The van der Waals surface area contributed by atoms with E-state index in [9.17, 15) is 0 Å². The summed E-state index contributed by atoms with van der Waals surface area (Å²) in [7, 11) is 0. The minimum Gasteiger partial charge on any atom is -0.396 e. The average Bonchev–Trinajstić information content (AvgIpc) is 1.88. The maximum atomic E-state index is 8.65. The van der Waals surface area contributed by atoms with Crippen LogP contribution >= 0.6 is 0 Å². The van der Waals surface area contributed by atoms with Gasteiger partial charge in [0.1, 0.15) is 0 Å². The monoisotopic (exact) mass is 144 g/mol. The highest BCUT2D eigenvalue weighted by molar-refractivity contribution is 4.68. The molecule has 3 N–H and O–H groups in total. The Kier molecular flexibility index (Phi) is 3.12. The molecule has 0 aliphatic carbocycles. The van der Waals surface area contributed by atoms with E-state index in [1.165, 1.54) is 12.8 Å². The van der Waals surface area contributed by atoms with E-state index in [2.05, 4.69) is 0 Å². The van der Waals surface area contributed by atoms with Gasteiger partial charge in [-0.25, -0.2) is 5.01 Å². The summed E-state index contributed by atoms with van der Waals surface area (Å²) >= 11 is 0. The van der Waals surface area contributed by atoms with Crippen molar-refractivity contribution in [2.45, 2.75) is 19.3 Å². The smallest absolute Gasteiger partial charge is 0.0434 e. The Labute approximate surface area is 61.8 Å². The summed E-state index contributed by atoms with van der Waals surface area (Å²) in [4.78, 5) is 0. The van der Waals surface area contributed by atoms with Crippen LogP contribution in [0.25, 0.3) is 0 Å². The Morgan fingerprint density at radius 1 is 1.60 bits per heavy atom. The van der Waals surface area contributed by atoms with E-state index in [1.54, 1.807) is 0 Å². The molecule has 60 valence electrons. The van der Waals surface area contributed by atoms with E-state index in [4.69, 9.17) is 10.9 Å². The largest absolute Gasteiger partial charge is 0.396 e. The SMILES string of the molecule is NN1CCCC(CCO)C1. The third kappa shape index (κ3) is 2.25. The number of aliphatic hydroxyl groups excluding tert-OH is 1. The van der Waals surface area contributed by atoms with Crippen molar-refractivity contribution in [3.05, 3.63) is 0 Å². The van der Waals surface area contributed by atoms with Gasteiger partial charge in [-0.2, -0.15) is 0 Å². The molecule has 1 aliphatic heterocycles. The van der Waals surface area contributed by atoms with Crippen LogP contribution in [-0.2, 0) is 0 Å². The molecule has 1 rings (SSSR count). The summed E-state index contributed by atoms with van der Waals surface area (Å²) in [5, 5.41) is 10.5. The third-order valence-electron chi connectivity index (χ3n) is 2.09. The highest BCUT2D eigenvalue weighted by atomic mass is 16.3. The molecule has 0 bridgehead atoms. The van der Waals surface area contributed by atoms with Crippen molar-refractivity contribution in [2.24, 2.45) is 11.8 Å². The van der Waals surface area contributed by atoms with E-state index in [0.29, 0.717) is 12.5 Å². The maximum absolute atomic E-state index is 8.65. The fourth-order valence-corrected chi connectivity index (χ4v) is 1.52. The molecule has 0 spiro atoms. The lowest BCUT2D eigenvalue weighted by Gasteiger charge is -2.28. The summed E-state index contributed by atoms with van der Waals surface area (Å²) in [5.41, 5.74) is 0. The first-order valence-corrected chi connectivity index (χ1v) is 3.93. The molecule has 1 atom stereocenters. The minimum atomic E-state index is 0.304. The standard InChI is InChI=1S/C7H16N2O/c8-9-4-1-2-7(6-9)3-5-10/h7,10H,1-6,8H2. The van der Waals surface area contributed by atoms with Gasteiger partial charge in [-0.1, -0.05) is 0 Å². The van der Waals surface area contributed by atoms with Gasteiger partial charge in [0.25, 0.3) is 0 Å². The second-order valence-electron chi connectivity index (χ2n) is 3.02. The molecule has 1 aliphatic rings. The summed E-state index contributed by atoms with van der Waals surface area (Å²) in [6, 6.07) is 0. The van der Waals surface area contributed by atoms with Crippen molar-refractivity contribution in [3.8, 4) is 0 Å². The highest BCUT2D eigenvalue weighted by Crippen LogP contribution is 2.16. The van der Waals surface area contributed by atoms with E-state index in [0.717, 1.165) is 19.5 Å². The predicted molar refractivity (Wildman–Crippen MR) is 40.2 cm³/mol. The molecule has 0 radical (unpaired) electrons. The van der Waals surface area contributed by atoms with Crippen LogP contribution in [0.1, 0.15) is 19.3 Å². The summed E-state index contributed by atoms with van der Waals surface area (Å²) in [6.07, 6.45) is 3.32. The fraction of sp³-hybridized carbons (Fsp3) is 1.00. The zero-order valence-corrected chi connectivity index (χ0v) is 6.29. The zero-order valence-electron chi connectivity index (χ0n) is 6.29. The van der Waals surface area contributed by atoms with Gasteiger partial charge in [0.15, 0.2) is 0 Å². The second-order valence-corrected chi connectivity index (χ2v) is 3.02. The first kappa shape index (κ1) is 7.98. The Morgan fingerprint density at radius 2 is 2.40 bits per heavy atom. The molecule has 10 heavy (non-hydrogen) atoms. The topological polar surface area (TPSA) is 49.5 Å². The lowest BCUT2D eigenvalue weighted by Crippen LogP contribution is -2.40. The molecule has 0 aromatic carbocycles. The number of aliphatic hydroxyl groups is 1. The van der Waals surface area contributed by atoms with E-state index >= 15 is 0 Å². The van der Waals surface area contributed by atoms with Gasteiger partial charge in [-0.05, 0) is 25.2 Å². The molecule has 0 saturated carbocycles. The summed E-state index contributed by atoms with van der Waals surface area (Å²) in [5.74, 6) is 6.24. The van der Waals surface area contributed by atoms with Gasteiger partial charge in [0, 0.05) is 19.7 Å². The van der Waals surface area contributed by atoms with Crippen LogP contribution in [0, 0.1) is 5.92 Å². The predicted octanol–water partition coefficient (Wildman–Crippen LogP) is -0.0455. The maximum Gasteiger partial charge on any atom is 0.0434 e. The van der Waals surface area contributed by atoms with Crippen LogP contribution in [0.4, 0.5) is 0 Å². The number of hydrogen-bond acceptors (Lipinski definition) is 3. The first-order chi connectivity index (χ1) is 4.83. The van der Waals surface area contributed by atoms with Crippen LogP contribution in [0.5, 0.6) is 0 Å². The van der Waals surface area contributed by atoms with E-state index < -0.39 is 0 Å². The van der Waals surface area contributed by atoms with Crippen molar-refractivity contribution in [1.29, 1.82) is 0 Å². The number of hydrazine groups is 1. The van der Waals surface area contributed by atoms with Crippen molar-refractivity contribution in [1.82, 2.24) is 5.01 Å². The lowest BCUT2D eigenvalue weighted by molar-refractivity contribution is 0.150. The Hall–Kier alpha value is -0.120. The summed E-state index contributed by atoms with van der Waals surface area (Å²) < 4.78 is 0. The highest BCUT2D eigenvalue weighted by Gasteiger charge is 2.16.